The summed E-state index contributed by atoms with van der Waals surface area (Å²) in [6, 6.07) is 17.7. The van der Waals surface area contributed by atoms with Crippen LogP contribution in [0.4, 0.5) is 0 Å². The normalized spacial score (nSPS) is 14.4. The SMILES string of the molecule is Cc1ccccc1CCNCc1cccc(C2CC2)c1. The van der Waals surface area contributed by atoms with E-state index < -0.39 is 0 Å². The molecular formula is C19H23N. The molecule has 0 aliphatic heterocycles. The van der Waals surface area contributed by atoms with Gasteiger partial charge in [0.25, 0.3) is 0 Å². The molecule has 104 valence electrons. The largest absolute Gasteiger partial charge is 0.312 e. The number of aryl methyl sites for hydroxylation is 1. The summed E-state index contributed by atoms with van der Waals surface area (Å²) in [5, 5.41) is 3.56. The molecule has 0 amide bonds. The molecule has 0 heterocycles. The first-order valence-corrected chi connectivity index (χ1v) is 7.67. The van der Waals surface area contributed by atoms with Gasteiger partial charge in [-0.25, -0.2) is 0 Å². The Morgan fingerprint density at radius 2 is 1.90 bits per heavy atom. The van der Waals surface area contributed by atoms with Crippen LogP contribution in [-0.2, 0) is 13.0 Å². The zero-order valence-electron chi connectivity index (χ0n) is 12.2. The maximum Gasteiger partial charge on any atom is 0.0205 e. The van der Waals surface area contributed by atoms with Crippen molar-refractivity contribution in [3.05, 3.63) is 70.8 Å². The fourth-order valence-electron chi connectivity index (χ4n) is 2.72. The molecule has 0 radical (unpaired) electrons. The maximum absolute atomic E-state index is 3.56. The summed E-state index contributed by atoms with van der Waals surface area (Å²) in [6.07, 6.45) is 3.86. The van der Waals surface area contributed by atoms with Crippen LogP contribution in [0.5, 0.6) is 0 Å². The monoisotopic (exact) mass is 265 g/mol. The molecule has 2 aromatic carbocycles. The van der Waals surface area contributed by atoms with Crippen molar-refractivity contribution in [2.45, 2.75) is 38.6 Å². The molecule has 1 saturated carbocycles. The molecule has 3 rings (SSSR count). The average molecular weight is 265 g/mol. The molecule has 0 atom stereocenters. The van der Waals surface area contributed by atoms with E-state index in [-0.39, 0.29) is 0 Å². The minimum Gasteiger partial charge on any atom is -0.312 e. The lowest BCUT2D eigenvalue weighted by Gasteiger charge is -2.08. The topological polar surface area (TPSA) is 12.0 Å². The Morgan fingerprint density at radius 3 is 2.70 bits per heavy atom. The molecule has 1 nitrogen and oxygen atoms in total. The summed E-state index contributed by atoms with van der Waals surface area (Å²) in [5.74, 6) is 0.849. The second-order valence-corrected chi connectivity index (χ2v) is 5.87. The van der Waals surface area contributed by atoms with Gasteiger partial charge >= 0.3 is 0 Å². The van der Waals surface area contributed by atoms with Crippen molar-refractivity contribution in [3.8, 4) is 0 Å². The Labute approximate surface area is 122 Å². The fraction of sp³-hybridized carbons (Fsp3) is 0.368. The molecule has 0 spiro atoms. The highest BCUT2D eigenvalue weighted by Crippen LogP contribution is 2.40. The van der Waals surface area contributed by atoms with Crippen LogP contribution in [0, 0.1) is 6.92 Å². The fourth-order valence-corrected chi connectivity index (χ4v) is 2.72. The van der Waals surface area contributed by atoms with Gasteiger partial charge in [-0.2, -0.15) is 0 Å². The number of nitrogens with one attached hydrogen (secondary N) is 1. The highest BCUT2D eigenvalue weighted by Gasteiger charge is 2.23. The second-order valence-electron chi connectivity index (χ2n) is 5.87. The first kappa shape index (κ1) is 13.4. The number of benzene rings is 2. The zero-order valence-corrected chi connectivity index (χ0v) is 12.2. The predicted molar refractivity (Wildman–Crippen MR) is 85.0 cm³/mol. The minimum absolute atomic E-state index is 0.849. The first-order valence-electron chi connectivity index (χ1n) is 7.67. The Balaban J connectivity index is 1.48. The van der Waals surface area contributed by atoms with Gasteiger partial charge in [0.2, 0.25) is 0 Å². The summed E-state index contributed by atoms with van der Waals surface area (Å²) >= 11 is 0. The van der Waals surface area contributed by atoms with Crippen LogP contribution in [0.1, 0.15) is 41.0 Å². The van der Waals surface area contributed by atoms with Gasteiger partial charge in [-0.3, -0.25) is 0 Å². The van der Waals surface area contributed by atoms with Gasteiger partial charge in [0.1, 0.15) is 0 Å². The summed E-state index contributed by atoms with van der Waals surface area (Å²) < 4.78 is 0. The quantitative estimate of drug-likeness (QED) is 0.772. The average Bonchev–Trinajstić information content (AvgIpc) is 3.30. The summed E-state index contributed by atoms with van der Waals surface area (Å²) in [4.78, 5) is 0. The molecule has 2 aromatic rings. The molecule has 0 unspecified atom stereocenters. The van der Waals surface area contributed by atoms with Crippen molar-refractivity contribution in [2.24, 2.45) is 0 Å². The molecule has 0 aromatic heterocycles. The first-order chi connectivity index (χ1) is 9.83. The van der Waals surface area contributed by atoms with E-state index in [9.17, 15) is 0 Å². The van der Waals surface area contributed by atoms with Gasteiger partial charge < -0.3 is 5.32 Å². The molecular weight excluding hydrogens is 242 g/mol. The Hall–Kier alpha value is -1.60. The van der Waals surface area contributed by atoms with Crippen molar-refractivity contribution in [3.63, 3.8) is 0 Å². The molecule has 0 saturated heterocycles. The molecule has 1 fully saturated rings. The van der Waals surface area contributed by atoms with Gasteiger partial charge in [-0.15, -0.1) is 0 Å². The highest BCUT2D eigenvalue weighted by atomic mass is 14.8. The van der Waals surface area contributed by atoms with E-state index in [4.69, 9.17) is 0 Å². The van der Waals surface area contributed by atoms with Crippen LogP contribution in [0.15, 0.2) is 48.5 Å². The summed E-state index contributed by atoms with van der Waals surface area (Å²) in [6.45, 7) is 4.21. The lowest BCUT2D eigenvalue weighted by molar-refractivity contribution is 0.685. The molecule has 1 aliphatic rings. The van der Waals surface area contributed by atoms with E-state index in [2.05, 4.69) is 60.8 Å². The van der Waals surface area contributed by atoms with Crippen LogP contribution in [0.2, 0.25) is 0 Å². The van der Waals surface area contributed by atoms with Crippen molar-refractivity contribution in [1.29, 1.82) is 0 Å². The van der Waals surface area contributed by atoms with E-state index in [1.54, 1.807) is 0 Å². The van der Waals surface area contributed by atoms with E-state index in [1.165, 1.54) is 35.1 Å². The van der Waals surface area contributed by atoms with Crippen LogP contribution >= 0.6 is 0 Å². The molecule has 1 aliphatic carbocycles. The number of rotatable bonds is 6. The standard InChI is InChI=1S/C19H23N/c1-15-5-2-3-7-17(15)11-12-20-14-16-6-4-8-19(13-16)18-9-10-18/h2-8,13,18,20H,9-12,14H2,1H3. The van der Waals surface area contributed by atoms with Crippen LogP contribution < -0.4 is 5.32 Å². The third kappa shape index (κ3) is 3.49. The van der Waals surface area contributed by atoms with E-state index in [0.717, 1.165) is 25.4 Å². The van der Waals surface area contributed by atoms with Crippen molar-refractivity contribution in [1.82, 2.24) is 5.32 Å². The van der Waals surface area contributed by atoms with Gasteiger partial charge in [-0.05, 0) is 60.9 Å². The maximum atomic E-state index is 3.56. The zero-order chi connectivity index (χ0) is 13.8. The number of hydrogen-bond acceptors (Lipinski definition) is 1. The van der Waals surface area contributed by atoms with E-state index >= 15 is 0 Å². The Morgan fingerprint density at radius 1 is 1.05 bits per heavy atom. The summed E-state index contributed by atoms with van der Waals surface area (Å²) in [7, 11) is 0. The van der Waals surface area contributed by atoms with E-state index in [1.807, 2.05) is 0 Å². The Kier molecular flexibility index (Phi) is 4.17. The van der Waals surface area contributed by atoms with Crippen molar-refractivity contribution < 1.29 is 0 Å². The second kappa shape index (κ2) is 6.23. The van der Waals surface area contributed by atoms with Gasteiger partial charge in [0, 0.05) is 6.54 Å². The third-order valence-corrected chi connectivity index (χ3v) is 4.16. The van der Waals surface area contributed by atoms with Crippen LogP contribution in [-0.4, -0.2) is 6.54 Å². The van der Waals surface area contributed by atoms with E-state index in [0.29, 0.717) is 0 Å². The molecule has 1 heteroatoms. The molecule has 0 bridgehead atoms. The third-order valence-electron chi connectivity index (χ3n) is 4.16. The minimum atomic E-state index is 0.849. The van der Waals surface area contributed by atoms with Gasteiger partial charge in [0.15, 0.2) is 0 Å². The lowest BCUT2D eigenvalue weighted by atomic mass is 10.1. The molecule has 1 N–H and O–H groups in total. The highest BCUT2D eigenvalue weighted by molar-refractivity contribution is 5.29. The lowest BCUT2D eigenvalue weighted by Crippen LogP contribution is -2.17. The number of hydrogen-bond donors (Lipinski definition) is 1. The van der Waals surface area contributed by atoms with Crippen molar-refractivity contribution in [2.75, 3.05) is 6.54 Å². The van der Waals surface area contributed by atoms with Gasteiger partial charge in [-0.1, -0.05) is 48.5 Å². The Bertz CT molecular complexity index is 569. The molecule has 20 heavy (non-hydrogen) atoms. The predicted octanol–water partition coefficient (Wildman–Crippen LogP) is 4.20. The van der Waals surface area contributed by atoms with Crippen molar-refractivity contribution >= 4 is 0 Å². The smallest absolute Gasteiger partial charge is 0.0205 e. The summed E-state index contributed by atoms with van der Waals surface area (Å²) in [5.41, 5.74) is 5.79. The van der Waals surface area contributed by atoms with Gasteiger partial charge in [0.05, 0.1) is 0 Å². The van der Waals surface area contributed by atoms with Crippen LogP contribution in [0.25, 0.3) is 0 Å². The van der Waals surface area contributed by atoms with Crippen LogP contribution in [0.3, 0.4) is 0 Å².